The minimum Gasteiger partial charge on any atom is -0.504 e. The van der Waals surface area contributed by atoms with E-state index in [1.54, 1.807) is 6.07 Å². The fourth-order valence-corrected chi connectivity index (χ4v) is 2.28. The van der Waals surface area contributed by atoms with Gasteiger partial charge < -0.3 is 10.2 Å². The largest absolute Gasteiger partial charge is 0.504 e. The van der Waals surface area contributed by atoms with E-state index in [4.69, 9.17) is 0 Å². The lowest BCUT2D eigenvalue weighted by Gasteiger charge is -2.19. The van der Waals surface area contributed by atoms with Crippen LogP contribution in [0.5, 0.6) is 11.5 Å². The van der Waals surface area contributed by atoms with E-state index in [0.717, 1.165) is 29.8 Å². The summed E-state index contributed by atoms with van der Waals surface area (Å²) >= 11 is 0. The third-order valence-electron chi connectivity index (χ3n) is 3.56. The second kappa shape index (κ2) is 6.44. The fraction of sp³-hybridized carbons (Fsp3) is 0.294. The molecule has 0 bridgehead atoms. The lowest BCUT2D eigenvalue weighted by Crippen LogP contribution is -2.22. The molecule has 2 N–H and O–H groups in total. The van der Waals surface area contributed by atoms with Crippen LogP contribution in [0.25, 0.3) is 11.1 Å². The molecule has 0 heterocycles. The van der Waals surface area contributed by atoms with Crippen molar-refractivity contribution < 1.29 is 10.2 Å². The van der Waals surface area contributed by atoms with Gasteiger partial charge in [0, 0.05) is 12.1 Å². The Balaban J connectivity index is 2.40. The molecule has 106 valence electrons. The van der Waals surface area contributed by atoms with Crippen molar-refractivity contribution in [2.45, 2.75) is 20.4 Å². The van der Waals surface area contributed by atoms with Crippen LogP contribution in [0.2, 0.25) is 0 Å². The summed E-state index contributed by atoms with van der Waals surface area (Å²) in [5.74, 6) is -0.0786. The van der Waals surface area contributed by atoms with E-state index in [0.29, 0.717) is 6.54 Å². The van der Waals surface area contributed by atoms with Crippen LogP contribution in [-0.2, 0) is 6.54 Å². The average molecular weight is 271 g/mol. The molecule has 0 saturated carbocycles. The molecule has 3 heteroatoms. The summed E-state index contributed by atoms with van der Waals surface area (Å²) in [6.45, 7) is 6.62. The molecule has 0 aliphatic carbocycles. The predicted molar refractivity (Wildman–Crippen MR) is 81.8 cm³/mol. The van der Waals surface area contributed by atoms with Crippen LogP contribution in [0.1, 0.15) is 19.4 Å². The molecule has 2 aromatic carbocycles. The van der Waals surface area contributed by atoms with Gasteiger partial charge in [0.2, 0.25) is 0 Å². The van der Waals surface area contributed by atoms with Crippen molar-refractivity contribution in [3.8, 4) is 22.6 Å². The van der Waals surface area contributed by atoms with Crippen molar-refractivity contribution >= 4 is 0 Å². The van der Waals surface area contributed by atoms with E-state index >= 15 is 0 Å². The molecule has 0 aromatic heterocycles. The molecule has 0 amide bonds. The maximum absolute atomic E-state index is 10.0. The second-order valence-electron chi connectivity index (χ2n) is 4.83. The summed E-state index contributed by atoms with van der Waals surface area (Å²) in [4.78, 5) is 2.20. The smallest absolute Gasteiger partial charge is 0.162 e. The highest BCUT2D eigenvalue weighted by Gasteiger charge is 2.12. The highest BCUT2D eigenvalue weighted by molar-refractivity contribution is 5.68. The molecular formula is C17H21NO2. The van der Waals surface area contributed by atoms with Gasteiger partial charge in [0.15, 0.2) is 11.5 Å². The number of rotatable bonds is 5. The van der Waals surface area contributed by atoms with E-state index < -0.39 is 0 Å². The molecule has 20 heavy (non-hydrogen) atoms. The quantitative estimate of drug-likeness (QED) is 0.816. The normalized spacial score (nSPS) is 10.9. The van der Waals surface area contributed by atoms with Crippen LogP contribution >= 0.6 is 0 Å². The molecule has 3 nitrogen and oxygen atoms in total. The standard InChI is InChI=1S/C17H21NO2/c1-3-18(4-2)12-15-10-14(11-16(19)17(15)20)13-8-6-5-7-9-13/h5-11,19-20H,3-4,12H2,1-2H3. The molecule has 0 spiro atoms. The minimum absolute atomic E-state index is 0.0171. The molecular weight excluding hydrogens is 250 g/mol. The molecule has 2 aromatic rings. The average Bonchev–Trinajstić information content (AvgIpc) is 2.49. The molecule has 0 radical (unpaired) electrons. The molecule has 0 unspecified atom stereocenters. The molecule has 0 atom stereocenters. The summed E-state index contributed by atoms with van der Waals surface area (Å²) in [6, 6.07) is 13.4. The zero-order valence-electron chi connectivity index (χ0n) is 12.0. The number of hydrogen-bond acceptors (Lipinski definition) is 3. The zero-order chi connectivity index (χ0) is 14.5. The van der Waals surface area contributed by atoms with Gasteiger partial charge in [-0.1, -0.05) is 44.2 Å². The van der Waals surface area contributed by atoms with Crippen LogP contribution in [-0.4, -0.2) is 28.2 Å². The van der Waals surface area contributed by atoms with Gasteiger partial charge in [0.1, 0.15) is 0 Å². The van der Waals surface area contributed by atoms with Crippen molar-refractivity contribution in [3.63, 3.8) is 0 Å². The highest BCUT2D eigenvalue weighted by Crippen LogP contribution is 2.35. The van der Waals surface area contributed by atoms with Gasteiger partial charge in [-0.2, -0.15) is 0 Å². The van der Waals surface area contributed by atoms with Gasteiger partial charge in [-0.15, -0.1) is 0 Å². The first-order valence-electron chi connectivity index (χ1n) is 6.98. The lowest BCUT2D eigenvalue weighted by molar-refractivity contribution is 0.288. The van der Waals surface area contributed by atoms with Crippen LogP contribution in [0.15, 0.2) is 42.5 Å². The Bertz CT molecular complexity index is 563. The topological polar surface area (TPSA) is 43.7 Å². The van der Waals surface area contributed by atoms with Crippen LogP contribution < -0.4 is 0 Å². The Hall–Kier alpha value is -2.00. The minimum atomic E-state index is -0.0616. The van der Waals surface area contributed by atoms with Crippen LogP contribution in [0.4, 0.5) is 0 Å². The monoisotopic (exact) mass is 271 g/mol. The number of phenolic OH excluding ortho intramolecular Hbond substituents is 2. The summed E-state index contributed by atoms with van der Waals surface area (Å²) in [5.41, 5.74) is 2.71. The summed E-state index contributed by atoms with van der Waals surface area (Å²) in [5, 5.41) is 20.0. The SMILES string of the molecule is CCN(CC)Cc1cc(-c2ccccc2)cc(O)c1O. The number of hydrogen-bond donors (Lipinski definition) is 2. The summed E-state index contributed by atoms with van der Waals surface area (Å²) in [6.07, 6.45) is 0. The maximum atomic E-state index is 10.0. The van der Waals surface area contributed by atoms with Crippen molar-refractivity contribution in [2.24, 2.45) is 0 Å². The van der Waals surface area contributed by atoms with Gasteiger partial charge >= 0.3 is 0 Å². The summed E-state index contributed by atoms with van der Waals surface area (Å²) in [7, 11) is 0. The third-order valence-corrected chi connectivity index (χ3v) is 3.56. The second-order valence-corrected chi connectivity index (χ2v) is 4.83. The number of nitrogens with zero attached hydrogens (tertiary/aromatic N) is 1. The first-order chi connectivity index (χ1) is 9.65. The Morgan fingerprint density at radius 2 is 1.55 bits per heavy atom. The molecule has 0 saturated heterocycles. The molecule has 0 aliphatic rings. The van der Waals surface area contributed by atoms with Crippen molar-refractivity contribution in [1.82, 2.24) is 4.90 Å². The van der Waals surface area contributed by atoms with Crippen LogP contribution in [0, 0.1) is 0 Å². The third kappa shape index (κ3) is 3.11. The van der Waals surface area contributed by atoms with Gasteiger partial charge in [-0.25, -0.2) is 0 Å². The molecule has 2 rings (SSSR count). The Kier molecular flexibility index (Phi) is 4.64. The van der Waals surface area contributed by atoms with Crippen molar-refractivity contribution in [2.75, 3.05) is 13.1 Å². The number of aromatic hydroxyl groups is 2. The maximum Gasteiger partial charge on any atom is 0.162 e. The van der Waals surface area contributed by atoms with E-state index in [-0.39, 0.29) is 11.5 Å². The fourth-order valence-electron chi connectivity index (χ4n) is 2.28. The Labute approximate surface area is 120 Å². The van der Waals surface area contributed by atoms with Gasteiger partial charge in [0.05, 0.1) is 0 Å². The first-order valence-corrected chi connectivity index (χ1v) is 6.98. The molecule has 0 fully saturated rings. The number of benzene rings is 2. The lowest BCUT2D eigenvalue weighted by atomic mass is 10.0. The Morgan fingerprint density at radius 3 is 2.15 bits per heavy atom. The zero-order valence-corrected chi connectivity index (χ0v) is 12.0. The van der Waals surface area contributed by atoms with Gasteiger partial charge in [0.25, 0.3) is 0 Å². The highest BCUT2D eigenvalue weighted by atomic mass is 16.3. The van der Waals surface area contributed by atoms with Gasteiger partial charge in [-0.05, 0) is 36.3 Å². The van der Waals surface area contributed by atoms with Crippen molar-refractivity contribution in [1.29, 1.82) is 0 Å². The van der Waals surface area contributed by atoms with E-state index in [1.807, 2.05) is 36.4 Å². The van der Waals surface area contributed by atoms with E-state index in [2.05, 4.69) is 18.7 Å². The summed E-state index contributed by atoms with van der Waals surface area (Å²) < 4.78 is 0. The van der Waals surface area contributed by atoms with Crippen molar-refractivity contribution in [3.05, 3.63) is 48.0 Å². The predicted octanol–water partition coefficient (Wildman–Crippen LogP) is 3.61. The Morgan fingerprint density at radius 1 is 0.900 bits per heavy atom. The number of phenols is 2. The first kappa shape index (κ1) is 14.4. The molecule has 0 aliphatic heterocycles. The van der Waals surface area contributed by atoms with Gasteiger partial charge in [-0.3, -0.25) is 4.90 Å². The van der Waals surface area contributed by atoms with E-state index in [1.165, 1.54) is 0 Å². The van der Waals surface area contributed by atoms with Crippen LogP contribution in [0.3, 0.4) is 0 Å². The van der Waals surface area contributed by atoms with E-state index in [9.17, 15) is 10.2 Å².